The smallest absolute Gasteiger partial charge is 0.263 e. The first-order valence-corrected chi connectivity index (χ1v) is 10.5. The van der Waals surface area contributed by atoms with Gasteiger partial charge in [0, 0.05) is 0 Å². The fraction of sp³-hybridized carbons (Fsp3) is 0.278. The zero-order valence-electron chi connectivity index (χ0n) is 14.6. The SMILES string of the molecule is CS(=O)(=O)N1C[C@@H](C(=O)NCCOc2ccccc2Cl)Oc2ccccc21. The number of sulfonamides is 1. The van der Waals surface area contributed by atoms with Crippen molar-refractivity contribution in [1.29, 1.82) is 0 Å². The number of ether oxygens (including phenoxy) is 2. The summed E-state index contributed by atoms with van der Waals surface area (Å²) in [6, 6.07) is 13.7. The molecule has 3 rings (SSSR count). The lowest BCUT2D eigenvalue weighted by Crippen LogP contribution is -2.51. The summed E-state index contributed by atoms with van der Waals surface area (Å²) >= 11 is 6.00. The lowest BCUT2D eigenvalue weighted by molar-refractivity contribution is -0.127. The van der Waals surface area contributed by atoms with Crippen molar-refractivity contribution in [3.63, 3.8) is 0 Å². The predicted molar refractivity (Wildman–Crippen MR) is 103 cm³/mol. The lowest BCUT2D eigenvalue weighted by Gasteiger charge is -2.33. The Bertz CT molecular complexity index is 935. The van der Waals surface area contributed by atoms with Gasteiger partial charge in [-0.25, -0.2) is 8.42 Å². The number of halogens is 1. The van der Waals surface area contributed by atoms with E-state index in [0.29, 0.717) is 22.2 Å². The van der Waals surface area contributed by atoms with Crippen molar-refractivity contribution in [1.82, 2.24) is 5.32 Å². The van der Waals surface area contributed by atoms with Gasteiger partial charge in [0.1, 0.15) is 18.1 Å². The molecule has 1 aliphatic heterocycles. The third kappa shape index (κ3) is 4.64. The van der Waals surface area contributed by atoms with Crippen molar-refractivity contribution < 1.29 is 22.7 Å². The Morgan fingerprint density at radius 2 is 1.96 bits per heavy atom. The van der Waals surface area contributed by atoms with E-state index in [1.807, 2.05) is 0 Å². The van der Waals surface area contributed by atoms with Gasteiger partial charge in [0.25, 0.3) is 5.91 Å². The fourth-order valence-electron chi connectivity index (χ4n) is 2.66. The topological polar surface area (TPSA) is 84.9 Å². The average Bonchev–Trinajstić information content (AvgIpc) is 2.64. The second-order valence-electron chi connectivity index (χ2n) is 5.94. The number of para-hydroxylation sites is 3. The first kappa shape index (κ1) is 19.3. The van der Waals surface area contributed by atoms with Crippen molar-refractivity contribution in [2.24, 2.45) is 0 Å². The van der Waals surface area contributed by atoms with E-state index < -0.39 is 22.0 Å². The van der Waals surface area contributed by atoms with Gasteiger partial charge in [-0.3, -0.25) is 9.10 Å². The van der Waals surface area contributed by atoms with Crippen LogP contribution in [0.4, 0.5) is 5.69 Å². The maximum atomic E-state index is 12.4. The highest BCUT2D eigenvalue weighted by Crippen LogP contribution is 2.34. The van der Waals surface area contributed by atoms with E-state index >= 15 is 0 Å². The molecule has 7 nitrogen and oxygen atoms in total. The van der Waals surface area contributed by atoms with E-state index in [9.17, 15) is 13.2 Å². The fourth-order valence-corrected chi connectivity index (χ4v) is 3.77. The highest BCUT2D eigenvalue weighted by Gasteiger charge is 2.34. The van der Waals surface area contributed by atoms with Gasteiger partial charge >= 0.3 is 0 Å². The molecule has 144 valence electrons. The molecule has 0 radical (unpaired) electrons. The molecule has 1 amide bonds. The van der Waals surface area contributed by atoms with Crippen molar-refractivity contribution in [2.75, 3.05) is 30.3 Å². The molecule has 0 saturated carbocycles. The minimum Gasteiger partial charge on any atom is -0.490 e. The summed E-state index contributed by atoms with van der Waals surface area (Å²) in [6.07, 6.45) is 0.150. The van der Waals surface area contributed by atoms with Crippen LogP contribution in [0.3, 0.4) is 0 Å². The van der Waals surface area contributed by atoms with E-state index in [1.165, 1.54) is 4.31 Å². The van der Waals surface area contributed by atoms with Crippen molar-refractivity contribution in [3.8, 4) is 11.5 Å². The molecule has 1 N–H and O–H groups in total. The number of carbonyl (C=O) groups excluding carboxylic acids is 1. The second-order valence-corrected chi connectivity index (χ2v) is 8.25. The standard InChI is InChI=1S/C18H19ClN2O5S/c1-27(23,24)21-12-17(26-16-9-5-3-7-14(16)21)18(22)20-10-11-25-15-8-4-2-6-13(15)19/h2-9,17H,10-12H2,1H3,(H,20,22)/t17-/m0/s1. The number of anilines is 1. The summed E-state index contributed by atoms with van der Waals surface area (Å²) in [5.74, 6) is 0.460. The maximum absolute atomic E-state index is 12.4. The summed E-state index contributed by atoms with van der Waals surface area (Å²) in [4.78, 5) is 12.4. The Morgan fingerprint density at radius 1 is 1.26 bits per heavy atom. The first-order valence-electron chi connectivity index (χ1n) is 8.24. The van der Waals surface area contributed by atoms with Gasteiger partial charge in [0.05, 0.1) is 30.1 Å². The molecule has 1 heterocycles. The summed E-state index contributed by atoms with van der Waals surface area (Å²) in [7, 11) is -3.54. The molecule has 1 aliphatic rings. The number of hydrogen-bond acceptors (Lipinski definition) is 5. The van der Waals surface area contributed by atoms with E-state index in [4.69, 9.17) is 21.1 Å². The summed E-state index contributed by atoms with van der Waals surface area (Å²) in [5, 5.41) is 3.18. The van der Waals surface area contributed by atoms with Crippen molar-refractivity contribution in [3.05, 3.63) is 53.6 Å². The van der Waals surface area contributed by atoms with Crippen LogP contribution in [0.1, 0.15) is 0 Å². The zero-order chi connectivity index (χ0) is 19.4. The van der Waals surface area contributed by atoms with Gasteiger partial charge < -0.3 is 14.8 Å². The molecule has 0 spiro atoms. The number of nitrogens with one attached hydrogen (secondary N) is 1. The van der Waals surface area contributed by atoms with E-state index in [2.05, 4.69) is 5.32 Å². The molecular formula is C18H19ClN2O5S. The molecule has 2 aromatic rings. The van der Waals surface area contributed by atoms with E-state index in [1.54, 1.807) is 48.5 Å². The van der Waals surface area contributed by atoms with Gasteiger partial charge in [-0.2, -0.15) is 0 Å². The number of rotatable bonds is 6. The van der Waals surface area contributed by atoms with Crippen LogP contribution in [-0.4, -0.2) is 46.4 Å². The number of amides is 1. The summed E-state index contributed by atoms with van der Waals surface area (Å²) in [5.41, 5.74) is 0.422. The molecule has 0 saturated heterocycles. The van der Waals surface area contributed by atoms with Crippen LogP contribution in [0.5, 0.6) is 11.5 Å². The lowest BCUT2D eigenvalue weighted by atomic mass is 10.2. The molecular weight excluding hydrogens is 392 g/mol. The number of carbonyl (C=O) groups is 1. The molecule has 0 fully saturated rings. The largest absolute Gasteiger partial charge is 0.490 e. The van der Waals surface area contributed by atoms with E-state index in [-0.39, 0.29) is 19.7 Å². The molecule has 0 unspecified atom stereocenters. The Kier molecular flexibility index (Phi) is 5.76. The quantitative estimate of drug-likeness (QED) is 0.737. The summed E-state index contributed by atoms with van der Waals surface area (Å²) in [6.45, 7) is 0.353. The van der Waals surface area contributed by atoms with Crippen LogP contribution < -0.4 is 19.1 Å². The molecule has 0 aromatic heterocycles. The van der Waals surface area contributed by atoms with Crippen LogP contribution >= 0.6 is 11.6 Å². The highest BCUT2D eigenvalue weighted by molar-refractivity contribution is 7.92. The van der Waals surface area contributed by atoms with Crippen molar-refractivity contribution in [2.45, 2.75) is 6.10 Å². The van der Waals surface area contributed by atoms with Gasteiger partial charge in [0.2, 0.25) is 10.0 Å². The number of nitrogens with zero attached hydrogens (tertiary/aromatic N) is 1. The third-order valence-corrected chi connectivity index (χ3v) is 5.38. The molecule has 2 aromatic carbocycles. The number of benzene rings is 2. The third-order valence-electron chi connectivity index (χ3n) is 3.92. The molecule has 27 heavy (non-hydrogen) atoms. The Morgan fingerprint density at radius 3 is 2.70 bits per heavy atom. The second kappa shape index (κ2) is 8.06. The van der Waals surface area contributed by atoms with Crippen LogP contribution in [0.2, 0.25) is 5.02 Å². The van der Waals surface area contributed by atoms with Crippen LogP contribution in [-0.2, 0) is 14.8 Å². The molecule has 1 atom stereocenters. The Labute approximate surface area is 162 Å². The van der Waals surface area contributed by atoms with Crippen LogP contribution in [0, 0.1) is 0 Å². The molecule has 0 aliphatic carbocycles. The normalized spacial score (nSPS) is 16.2. The number of hydrogen-bond donors (Lipinski definition) is 1. The van der Waals surface area contributed by atoms with Gasteiger partial charge in [-0.05, 0) is 24.3 Å². The highest BCUT2D eigenvalue weighted by atomic mass is 35.5. The Balaban J connectivity index is 1.60. The van der Waals surface area contributed by atoms with Crippen molar-refractivity contribution >= 4 is 33.2 Å². The summed E-state index contributed by atoms with van der Waals surface area (Å²) < 4.78 is 36.5. The Hall–Kier alpha value is -2.45. The van der Waals surface area contributed by atoms with E-state index in [0.717, 1.165) is 6.26 Å². The molecule has 9 heteroatoms. The minimum absolute atomic E-state index is 0.0902. The van der Waals surface area contributed by atoms with Gasteiger partial charge in [0.15, 0.2) is 6.10 Å². The van der Waals surface area contributed by atoms with Gasteiger partial charge in [-0.15, -0.1) is 0 Å². The maximum Gasteiger partial charge on any atom is 0.263 e. The first-order chi connectivity index (χ1) is 12.9. The zero-order valence-corrected chi connectivity index (χ0v) is 16.2. The average molecular weight is 411 g/mol. The number of fused-ring (bicyclic) bond motifs is 1. The predicted octanol–water partition coefficient (Wildman–Crippen LogP) is 2.06. The molecule has 0 bridgehead atoms. The van der Waals surface area contributed by atoms with Crippen LogP contribution in [0.25, 0.3) is 0 Å². The van der Waals surface area contributed by atoms with Crippen LogP contribution in [0.15, 0.2) is 48.5 Å². The van der Waals surface area contributed by atoms with Gasteiger partial charge in [-0.1, -0.05) is 35.9 Å². The minimum atomic E-state index is -3.54. The monoisotopic (exact) mass is 410 g/mol.